The third-order valence-electron chi connectivity index (χ3n) is 2.39. The van der Waals surface area contributed by atoms with Crippen molar-refractivity contribution < 1.29 is 9.90 Å². The van der Waals surface area contributed by atoms with Crippen LogP contribution in [0.1, 0.15) is 24.9 Å². The van der Waals surface area contributed by atoms with Gasteiger partial charge in [-0.2, -0.15) is 0 Å². The molecule has 0 fully saturated rings. The van der Waals surface area contributed by atoms with Gasteiger partial charge in [0.2, 0.25) is 0 Å². The highest BCUT2D eigenvalue weighted by molar-refractivity contribution is 7.09. The Bertz CT molecular complexity index is 300. The first-order valence-corrected chi connectivity index (χ1v) is 5.26. The van der Waals surface area contributed by atoms with Crippen LogP contribution in [-0.2, 0) is 4.79 Å². The fraction of sp³-hybridized carbons (Fsp3) is 0.556. The van der Waals surface area contributed by atoms with Crippen LogP contribution in [0.5, 0.6) is 0 Å². The van der Waals surface area contributed by atoms with Gasteiger partial charge in [-0.15, -0.1) is 11.3 Å². The Morgan fingerprint density at radius 3 is 2.71 bits per heavy atom. The van der Waals surface area contributed by atoms with E-state index < -0.39 is 12.0 Å². The van der Waals surface area contributed by atoms with Gasteiger partial charge in [0.1, 0.15) is 11.0 Å². The van der Waals surface area contributed by atoms with Crippen LogP contribution < -0.4 is 0 Å². The maximum Gasteiger partial charge on any atom is 0.320 e. The number of carbonyl (C=O) groups is 1. The molecule has 0 aliphatic carbocycles. The third-order valence-corrected chi connectivity index (χ3v) is 3.33. The first-order chi connectivity index (χ1) is 6.54. The molecule has 1 N–H and O–H groups in total. The van der Waals surface area contributed by atoms with Crippen molar-refractivity contribution in [3.63, 3.8) is 0 Å². The van der Waals surface area contributed by atoms with Crippen LogP contribution in [-0.4, -0.2) is 34.0 Å². The zero-order chi connectivity index (χ0) is 10.7. The Morgan fingerprint density at radius 1 is 1.64 bits per heavy atom. The van der Waals surface area contributed by atoms with E-state index in [1.165, 1.54) is 0 Å². The van der Waals surface area contributed by atoms with Crippen LogP contribution in [0, 0.1) is 0 Å². The van der Waals surface area contributed by atoms with E-state index >= 15 is 0 Å². The lowest BCUT2D eigenvalue weighted by molar-refractivity contribution is -0.142. The third kappa shape index (κ3) is 2.30. The van der Waals surface area contributed by atoms with E-state index in [0.29, 0.717) is 0 Å². The van der Waals surface area contributed by atoms with Crippen molar-refractivity contribution in [2.24, 2.45) is 0 Å². The Kier molecular flexibility index (Phi) is 3.60. The molecule has 0 saturated carbocycles. The molecule has 4 nitrogen and oxygen atoms in total. The fourth-order valence-electron chi connectivity index (χ4n) is 1.12. The zero-order valence-electron chi connectivity index (χ0n) is 8.47. The normalized spacial score (nSPS) is 15.4. The quantitative estimate of drug-likeness (QED) is 0.827. The van der Waals surface area contributed by atoms with E-state index in [4.69, 9.17) is 5.11 Å². The zero-order valence-corrected chi connectivity index (χ0v) is 9.28. The fourth-order valence-corrected chi connectivity index (χ4v) is 1.87. The van der Waals surface area contributed by atoms with Crippen molar-refractivity contribution >= 4 is 17.3 Å². The van der Waals surface area contributed by atoms with Gasteiger partial charge in [-0.25, -0.2) is 4.98 Å². The lowest BCUT2D eigenvalue weighted by Gasteiger charge is -2.26. The van der Waals surface area contributed by atoms with Gasteiger partial charge >= 0.3 is 5.97 Å². The van der Waals surface area contributed by atoms with Crippen molar-refractivity contribution in [2.45, 2.75) is 25.9 Å². The topological polar surface area (TPSA) is 53.4 Å². The van der Waals surface area contributed by atoms with E-state index in [9.17, 15) is 4.79 Å². The molecule has 0 bridgehead atoms. The molecular formula is C9H14N2O2S. The smallest absolute Gasteiger partial charge is 0.320 e. The van der Waals surface area contributed by atoms with Crippen LogP contribution in [0.2, 0.25) is 0 Å². The summed E-state index contributed by atoms with van der Waals surface area (Å²) >= 11 is 1.54. The molecule has 2 unspecified atom stereocenters. The van der Waals surface area contributed by atoms with Crippen molar-refractivity contribution in [3.8, 4) is 0 Å². The number of carboxylic acids is 1. The summed E-state index contributed by atoms with van der Waals surface area (Å²) in [5.74, 6) is -0.809. The second-order valence-electron chi connectivity index (χ2n) is 3.23. The highest BCUT2D eigenvalue weighted by atomic mass is 32.1. The maximum absolute atomic E-state index is 10.8. The highest BCUT2D eigenvalue weighted by Gasteiger charge is 2.23. The number of thiazole rings is 1. The van der Waals surface area contributed by atoms with E-state index in [2.05, 4.69) is 4.98 Å². The van der Waals surface area contributed by atoms with Crippen molar-refractivity contribution in [1.82, 2.24) is 9.88 Å². The Morgan fingerprint density at radius 2 is 2.29 bits per heavy atom. The molecular weight excluding hydrogens is 200 g/mol. The van der Waals surface area contributed by atoms with Gasteiger partial charge in [-0.1, -0.05) is 0 Å². The van der Waals surface area contributed by atoms with E-state index in [1.807, 2.05) is 12.3 Å². The minimum Gasteiger partial charge on any atom is -0.480 e. The van der Waals surface area contributed by atoms with Gasteiger partial charge in [0.25, 0.3) is 0 Å². The van der Waals surface area contributed by atoms with Gasteiger partial charge in [-0.05, 0) is 20.9 Å². The van der Waals surface area contributed by atoms with Crippen molar-refractivity contribution in [2.75, 3.05) is 7.05 Å². The minimum atomic E-state index is -0.809. The summed E-state index contributed by atoms with van der Waals surface area (Å²) in [6, 6.07) is -0.449. The molecule has 14 heavy (non-hydrogen) atoms. The molecule has 1 aromatic heterocycles. The highest BCUT2D eigenvalue weighted by Crippen LogP contribution is 2.22. The molecule has 1 heterocycles. The Balaban J connectivity index is 2.70. The second-order valence-corrected chi connectivity index (χ2v) is 4.15. The van der Waals surface area contributed by atoms with Crippen LogP contribution in [0.4, 0.5) is 0 Å². The molecule has 5 heteroatoms. The Labute approximate surface area is 87.2 Å². The lowest BCUT2D eigenvalue weighted by atomic mass is 10.2. The van der Waals surface area contributed by atoms with Gasteiger partial charge in [0, 0.05) is 11.6 Å². The van der Waals surface area contributed by atoms with Crippen LogP contribution >= 0.6 is 11.3 Å². The molecule has 0 aliphatic heterocycles. The average Bonchev–Trinajstić information content (AvgIpc) is 2.67. The number of nitrogens with zero attached hydrogens (tertiary/aromatic N) is 2. The predicted molar refractivity (Wildman–Crippen MR) is 55.4 cm³/mol. The standard InChI is InChI=1S/C9H14N2O2S/c1-6(8-10-4-5-14-8)11(3)7(2)9(12)13/h4-7H,1-3H3,(H,12,13). The number of carboxylic acid groups (broad SMARTS) is 1. The summed E-state index contributed by atoms with van der Waals surface area (Å²) in [6.07, 6.45) is 1.73. The summed E-state index contributed by atoms with van der Waals surface area (Å²) in [5.41, 5.74) is 0. The molecule has 1 aromatic rings. The second kappa shape index (κ2) is 4.52. The van der Waals surface area contributed by atoms with E-state index in [1.54, 1.807) is 36.4 Å². The average molecular weight is 214 g/mol. The summed E-state index contributed by atoms with van der Waals surface area (Å²) in [5, 5.41) is 11.7. The maximum atomic E-state index is 10.8. The largest absolute Gasteiger partial charge is 0.480 e. The number of hydrogen-bond donors (Lipinski definition) is 1. The molecule has 1 rings (SSSR count). The number of aliphatic carboxylic acids is 1. The van der Waals surface area contributed by atoms with Crippen LogP contribution in [0.15, 0.2) is 11.6 Å². The summed E-state index contributed by atoms with van der Waals surface area (Å²) in [6.45, 7) is 3.63. The van der Waals surface area contributed by atoms with Gasteiger partial charge in [0.15, 0.2) is 0 Å². The van der Waals surface area contributed by atoms with Gasteiger partial charge < -0.3 is 5.11 Å². The summed E-state index contributed by atoms with van der Waals surface area (Å²) in [7, 11) is 1.80. The van der Waals surface area contributed by atoms with Crippen LogP contribution in [0.25, 0.3) is 0 Å². The SMILES string of the molecule is CC(C(=O)O)N(C)C(C)c1nccs1. The Hall–Kier alpha value is -0.940. The summed E-state index contributed by atoms with van der Waals surface area (Å²) in [4.78, 5) is 16.7. The number of rotatable bonds is 4. The van der Waals surface area contributed by atoms with Gasteiger partial charge in [0.05, 0.1) is 6.04 Å². The van der Waals surface area contributed by atoms with E-state index in [0.717, 1.165) is 5.01 Å². The molecule has 0 aromatic carbocycles. The minimum absolute atomic E-state index is 0.0427. The monoisotopic (exact) mass is 214 g/mol. The van der Waals surface area contributed by atoms with Crippen LogP contribution in [0.3, 0.4) is 0 Å². The molecule has 0 spiro atoms. The first kappa shape index (κ1) is 11.1. The number of aromatic nitrogens is 1. The molecule has 0 radical (unpaired) electrons. The summed E-state index contributed by atoms with van der Waals surface area (Å²) < 4.78 is 0. The van der Waals surface area contributed by atoms with Gasteiger partial charge in [-0.3, -0.25) is 9.69 Å². The molecule has 0 aliphatic rings. The number of likely N-dealkylation sites (N-methyl/N-ethyl adjacent to an activating group) is 1. The predicted octanol–water partition coefficient (Wildman–Crippen LogP) is 1.61. The molecule has 0 saturated heterocycles. The molecule has 2 atom stereocenters. The molecule has 78 valence electrons. The molecule has 0 amide bonds. The van der Waals surface area contributed by atoms with Crippen molar-refractivity contribution in [3.05, 3.63) is 16.6 Å². The van der Waals surface area contributed by atoms with Crippen molar-refractivity contribution in [1.29, 1.82) is 0 Å². The lowest BCUT2D eigenvalue weighted by Crippen LogP contribution is -2.37. The van der Waals surface area contributed by atoms with E-state index in [-0.39, 0.29) is 6.04 Å². The first-order valence-electron chi connectivity index (χ1n) is 4.38. The number of hydrogen-bond acceptors (Lipinski definition) is 4.